The van der Waals surface area contributed by atoms with Crippen LogP contribution in [0.3, 0.4) is 0 Å². The summed E-state index contributed by atoms with van der Waals surface area (Å²) in [6, 6.07) is 0.549. The van der Waals surface area contributed by atoms with E-state index in [1.807, 2.05) is 20.8 Å². The Labute approximate surface area is 170 Å². The largest absolute Gasteiger partial charge is 0.501 e. The van der Waals surface area contributed by atoms with Crippen LogP contribution in [0.4, 0.5) is 0 Å². The van der Waals surface area contributed by atoms with E-state index in [-0.39, 0.29) is 18.7 Å². The third kappa shape index (κ3) is 11.4. The number of esters is 2. The normalized spacial score (nSPS) is 12.3. The second kappa shape index (κ2) is 14.5. The van der Waals surface area contributed by atoms with Gasteiger partial charge in [0.15, 0.2) is 0 Å². The smallest absolute Gasteiger partial charge is 0.462 e. The van der Waals surface area contributed by atoms with Gasteiger partial charge in [-0.3, -0.25) is 0 Å². The summed E-state index contributed by atoms with van der Waals surface area (Å²) in [6.07, 6.45) is 1.82. The first-order valence-electron chi connectivity index (χ1n) is 9.78. The fourth-order valence-corrected chi connectivity index (χ4v) is 5.17. The standard InChI is InChI=1S/C20H36O7Si/c1-8-25-28(26-9-2,15-11-14-24-20(22)17(5)6)27-18(7)12-10-13-23-19(21)16(3)4/h18H,3,5,8-15H2,1-2,4,6-7H3. The molecule has 0 rings (SSSR count). The molecule has 0 fully saturated rings. The Bertz CT molecular complexity index is 513. The average molecular weight is 417 g/mol. The Kier molecular flexibility index (Phi) is 13.7. The molecule has 0 heterocycles. The second-order valence-corrected chi connectivity index (χ2v) is 9.23. The zero-order chi connectivity index (χ0) is 21.6. The molecule has 7 nitrogen and oxygen atoms in total. The van der Waals surface area contributed by atoms with Gasteiger partial charge in [-0.05, 0) is 53.9 Å². The van der Waals surface area contributed by atoms with Crippen molar-refractivity contribution in [1.29, 1.82) is 0 Å². The molecule has 28 heavy (non-hydrogen) atoms. The van der Waals surface area contributed by atoms with Crippen molar-refractivity contribution in [3.63, 3.8) is 0 Å². The number of ether oxygens (including phenoxy) is 2. The molecule has 0 aromatic carbocycles. The molecule has 0 saturated heterocycles. The van der Waals surface area contributed by atoms with Gasteiger partial charge in [-0.1, -0.05) is 13.2 Å². The Balaban J connectivity index is 4.58. The minimum absolute atomic E-state index is 0.119. The van der Waals surface area contributed by atoms with Gasteiger partial charge in [0, 0.05) is 36.5 Å². The lowest BCUT2D eigenvalue weighted by Crippen LogP contribution is -2.48. The number of carbonyl (C=O) groups is 2. The fraction of sp³-hybridized carbons (Fsp3) is 0.700. The molecule has 0 N–H and O–H groups in total. The predicted octanol–water partition coefficient (Wildman–Crippen LogP) is 3.81. The van der Waals surface area contributed by atoms with Gasteiger partial charge >= 0.3 is 20.7 Å². The van der Waals surface area contributed by atoms with Crippen LogP contribution in [0, 0.1) is 0 Å². The summed E-state index contributed by atoms with van der Waals surface area (Å²) in [6.45, 7) is 17.6. The van der Waals surface area contributed by atoms with Gasteiger partial charge in [-0.25, -0.2) is 9.59 Å². The van der Waals surface area contributed by atoms with E-state index in [0.29, 0.717) is 56.3 Å². The van der Waals surface area contributed by atoms with Gasteiger partial charge in [0.2, 0.25) is 0 Å². The fourth-order valence-electron chi connectivity index (χ4n) is 2.35. The molecule has 0 aliphatic carbocycles. The van der Waals surface area contributed by atoms with Crippen molar-refractivity contribution in [1.82, 2.24) is 0 Å². The molecule has 1 unspecified atom stereocenters. The van der Waals surface area contributed by atoms with Crippen LogP contribution in [0.15, 0.2) is 24.3 Å². The third-order valence-corrected chi connectivity index (χ3v) is 6.84. The van der Waals surface area contributed by atoms with Gasteiger partial charge < -0.3 is 22.8 Å². The minimum atomic E-state index is -2.89. The molecule has 1 atom stereocenters. The molecule has 0 saturated carbocycles. The summed E-state index contributed by atoms with van der Waals surface area (Å²) in [7, 11) is -2.89. The Morgan fingerprint density at radius 3 is 1.79 bits per heavy atom. The molecular formula is C20H36O7Si. The van der Waals surface area contributed by atoms with Crippen LogP contribution in [0.1, 0.15) is 53.9 Å². The lowest BCUT2D eigenvalue weighted by Gasteiger charge is -2.31. The molecule has 0 aromatic heterocycles. The van der Waals surface area contributed by atoms with E-state index in [2.05, 4.69) is 13.2 Å². The first-order chi connectivity index (χ1) is 13.2. The number of hydrogen-bond donors (Lipinski definition) is 0. The molecule has 0 spiro atoms. The molecule has 0 radical (unpaired) electrons. The molecular weight excluding hydrogens is 380 g/mol. The highest BCUT2D eigenvalue weighted by Crippen LogP contribution is 2.22. The lowest BCUT2D eigenvalue weighted by atomic mass is 10.2. The van der Waals surface area contributed by atoms with Crippen LogP contribution in [0.2, 0.25) is 6.04 Å². The Morgan fingerprint density at radius 1 is 0.893 bits per heavy atom. The predicted molar refractivity (Wildman–Crippen MR) is 110 cm³/mol. The van der Waals surface area contributed by atoms with Gasteiger partial charge in [0.1, 0.15) is 0 Å². The van der Waals surface area contributed by atoms with E-state index in [0.717, 1.165) is 0 Å². The van der Waals surface area contributed by atoms with Crippen LogP contribution >= 0.6 is 0 Å². The maximum Gasteiger partial charge on any atom is 0.501 e. The number of rotatable bonds is 16. The SMILES string of the molecule is C=C(C)C(=O)OCCCC(C)O[Si](CCCOC(=O)C(=C)C)(OCC)OCC. The van der Waals surface area contributed by atoms with E-state index < -0.39 is 14.8 Å². The zero-order valence-corrected chi connectivity index (χ0v) is 19.0. The quantitative estimate of drug-likeness (QED) is 0.164. The summed E-state index contributed by atoms with van der Waals surface area (Å²) in [5.74, 6) is -0.788. The van der Waals surface area contributed by atoms with Crippen molar-refractivity contribution in [3.05, 3.63) is 24.3 Å². The minimum Gasteiger partial charge on any atom is -0.462 e. The number of hydrogen-bond acceptors (Lipinski definition) is 7. The molecule has 0 aromatic rings. The average Bonchev–Trinajstić information content (AvgIpc) is 2.62. The van der Waals surface area contributed by atoms with E-state index in [9.17, 15) is 9.59 Å². The maximum atomic E-state index is 11.5. The molecule has 0 aliphatic rings. The van der Waals surface area contributed by atoms with Crippen molar-refractivity contribution in [3.8, 4) is 0 Å². The molecule has 0 bridgehead atoms. The monoisotopic (exact) mass is 416 g/mol. The Morgan fingerprint density at radius 2 is 1.36 bits per heavy atom. The van der Waals surface area contributed by atoms with Crippen molar-refractivity contribution >= 4 is 20.7 Å². The van der Waals surface area contributed by atoms with E-state index >= 15 is 0 Å². The number of carbonyl (C=O) groups excluding carboxylic acids is 2. The van der Waals surface area contributed by atoms with Crippen molar-refractivity contribution in [2.24, 2.45) is 0 Å². The van der Waals surface area contributed by atoms with Crippen molar-refractivity contribution in [2.75, 3.05) is 26.4 Å². The van der Waals surface area contributed by atoms with Crippen LogP contribution in [0.25, 0.3) is 0 Å². The van der Waals surface area contributed by atoms with Crippen LogP contribution < -0.4 is 0 Å². The van der Waals surface area contributed by atoms with Crippen molar-refractivity contribution in [2.45, 2.75) is 66.0 Å². The molecule has 8 heteroatoms. The Hall–Kier alpha value is -1.48. The second-order valence-electron chi connectivity index (χ2n) is 6.56. The maximum absolute atomic E-state index is 11.5. The molecule has 0 amide bonds. The van der Waals surface area contributed by atoms with Gasteiger partial charge in [-0.15, -0.1) is 0 Å². The van der Waals surface area contributed by atoms with Crippen LogP contribution in [-0.2, 0) is 32.3 Å². The lowest BCUT2D eigenvalue weighted by molar-refractivity contribution is -0.139. The van der Waals surface area contributed by atoms with Crippen LogP contribution in [-0.4, -0.2) is 53.3 Å². The summed E-state index contributed by atoms with van der Waals surface area (Å²) in [4.78, 5) is 22.9. The van der Waals surface area contributed by atoms with E-state index in [4.69, 9.17) is 22.8 Å². The van der Waals surface area contributed by atoms with Crippen LogP contribution in [0.5, 0.6) is 0 Å². The summed E-state index contributed by atoms with van der Waals surface area (Å²) >= 11 is 0. The summed E-state index contributed by atoms with van der Waals surface area (Å²) in [5, 5.41) is 0. The van der Waals surface area contributed by atoms with Gasteiger partial charge in [0.25, 0.3) is 0 Å². The van der Waals surface area contributed by atoms with Gasteiger partial charge in [0.05, 0.1) is 13.2 Å². The topological polar surface area (TPSA) is 80.3 Å². The highest BCUT2D eigenvalue weighted by molar-refractivity contribution is 6.60. The first kappa shape index (κ1) is 26.5. The highest BCUT2D eigenvalue weighted by atomic mass is 28.4. The highest BCUT2D eigenvalue weighted by Gasteiger charge is 2.41. The summed E-state index contributed by atoms with van der Waals surface area (Å²) < 4.78 is 28.3. The van der Waals surface area contributed by atoms with Crippen molar-refractivity contribution < 1.29 is 32.3 Å². The first-order valence-corrected chi connectivity index (χ1v) is 11.7. The molecule has 0 aliphatic heterocycles. The van der Waals surface area contributed by atoms with E-state index in [1.165, 1.54) is 0 Å². The van der Waals surface area contributed by atoms with Gasteiger partial charge in [-0.2, -0.15) is 0 Å². The van der Waals surface area contributed by atoms with E-state index in [1.54, 1.807) is 13.8 Å². The third-order valence-electron chi connectivity index (χ3n) is 3.65. The zero-order valence-electron chi connectivity index (χ0n) is 18.0. The summed E-state index contributed by atoms with van der Waals surface area (Å²) in [5.41, 5.74) is 0.756. The molecule has 162 valence electrons.